The maximum atomic E-state index is 12.1. The Hall–Kier alpha value is -1.99. The molecule has 0 aromatic heterocycles. The molecule has 1 saturated heterocycles. The van der Waals surface area contributed by atoms with Crippen LogP contribution in [0.1, 0.15) is 29.6 Å². The third-order valence-electron chi connectivity index (χ3n) is 4.29. The number of hydrogen-bond acceptors (Lipinski definition) is 6. The lowest BCUT2D eigenvalue weighted by Gasteiger charge is -2.20. The molecule has 1 aliphatic heterocycles. The average molecular weight is 307 g/mol. The van der Waals surface area contributed by atoms with E-state index in [0.29, 0.717) is 11.5 Å². The molecule has 1 aliphatic carbocycles. The second-order valence-electron chi connectivity index (χ2n) is 5.59. The highest BCUT2D eigenvalue weighted by atomic mass is 16.7. The van der Waals surface area contributed by atoms with E-state index in [2.05, 4.69) is 0 Å². The van der Waals surface area contributed by atoms with Crippen LogP contribution >= 0.6 is 0 Å². The van der Waals surface area contributed by atoms with Gasteiger partial charge in [-0.15, -0.1) is 0 Å². The number of rotatable bonds is 4. The monoisotopic (exact) mass is 307 g/mol. The van der Waals surface area contributed by atoms with Gasteiger partial charge >= 0.3 is 5.97 Å². The molecule has 22 heavy (non-hydrogen) atoms. The van der Waals surface area contributed by atoms with Crippen molar-refractivity contribution in [3.05, 3.63) is 39.9 Å². The Morgan fingerprint density at radius 1 is 1.32 bits per heavy atom. The van der Waals surface area contributed by atoms with Crippen LogP contribution in [0.5, 0.6) is 0 Å². The molecular weight excluding hydrogens is 290 g/mol. The summed E-state index contributed by atoms with van der Waals surface area (Å²) in [6.07, 6.45) is 1.91. The van der Waals surface area contributed by atoms with Gasteiger partial charge in [-0.1, -0.05) is 0 Å². The summed E-state index contributed by atoms with van der Waals surface area (Å²) >= 11 is 0. The molecule has 1 aromatic carbocycles. The SMILES string of the molecule is COC1CC2CCC(OC(=O)c3ccc([N+](=O)[O-])cc3)[C@H]2O1. The number of methoxy groups -OCH3 is 1. The number of carbonyl (C=O) groups excluding carboxylic acids is 1. The minimum atomic E-state index is -0.506. The largest absolute Gasteiger partial charge is 0.456 e. The Morgan fingerprint density at radius 3 is 2.68 bits per heavy atom. The fraction of sp³-hybridized carbons (Fsp3) is 0.533. The molecule has 2 aliphatic rings. The number of carbonyl (C=O) groups is 1. The Kier molecular flexibility index (Phi) is 4.08. The van der Waals surface area contributed by atoms with Gasteiger partial charge in [0.15, 0.2) is 6.29 Å². The van der Waals surface area contributed by atoms with Crippen LogP contribution in [0.15, 0.2) is 24.3 Å². The van der Waals surface area contributed by atoms with E-state index in [1.54, 1.807) is 7.11 Å². The van der Waals surface area contributed by atoms with E-state index < -0.39 is 10.9 Å². The summed E-state index contributed by atoms with van der Waals surface area (Å²) in [4.78, 5) is 22.2. The number of nitro benzene ring substituents is 1. The van der Waals surface area contributed by atoms with Crippen LogP contribution < -0.4 is 0 Å². The summed E-state index contributed by atoms with van der Waals surface area (Å²) in [6.45, 7) is 0. The summed E-state index contributed by atoms with van der Waals surface area (Å²) in [7, 11) is 1.60. The molecule has 2 fully saturated rings. The van der Waals surface area contributed by atoms with E-state index in [1.807, 2.05) is 0 Å². The van der Waals surface area contributed by atoms with Crippen molar-refractivity contribution in [1.29, 1.82) is 0 Å². The quantitative estimate of drug-likeness (QED) is 0.482. The predicted octanol–water partition coefficient (Wildman–Crippen LogP) is 2.29. The van der Waals surface area contributed by atoms with E-state index in [-0.39, 0.29) is 24.2 Å². The Morgan fingerprint density at radius 2 is 2.05 bits per heavy atom. The van der Waals surface area contributed by atoms with Crippen molar-refractivity contribution >= 4 is 11.7 Å². The number of nitro groups is 1. The lowest BCUT2D eigenvalue weighted by atomic mass is 10.0. The fourth-order valence-corrected chi connectivity index (χ4v) is 3.14. The van der Waals surface area contributed by atoms with Gasteiger partial charge in [0, 0.05) is 25.7 Å². The topological polar surface area (TPSA) is 87.9 Å². The van der Waals surface area contributed by atoms with E-state index in [4.69, 9.17) is 14.2 Å². The van der Waals surface area contributed by atoms with Crippen LogP contribution in [-0.4, -0.2) is 36.5 Å². The van der Waals surface area contributed by atoms with E-state index >= 15 is 0 Å². The van der Waals surface area contributed by atoms with Crippen molar-refractivity contribution in [3.63, 3.8) is 0 Å². The number of fused-ring (bicyclic) bond motifs is 1. The van der Waals surface area contributed by atoms with Gasteiger partial charge in [0.05, 0.1) is 10.5 Å². The maximum Gasteiger partial charge on any atom is 0.338 e. The van der Waals surface area contributed by atoms with Crippen molar-refractivity contribution in [2.24, 2.45) is 5.92 Å². The summed E-state index contributed by atoms with van der Waals surface area (Å²) < 4.78 is 16.5. The van der Waals surface area contributed by atoms with E-state index in [9.17, 15) is 14.9 Å². The molecule has 0 N–H and O–H groups in total. The molecule has 4 atom stereocenters. The molecular formula is C15H17NO6. The average Bonchev–Trinajstić information content (AvgIpc) is 3.08. The van der Waals surface area contributed by atoms with Crippen LogP contribution in [-0.2, 0) is 14.2 Å². The molecule has 0 amide bonds. The van der Waals surface area contributed by atoms with E-state index in [1.165, 1.54) is 24.3 Å². The molecule has 1 aromatic rings. The summed E-state index contributed by atoms with van der Waals surface area (Å²) in [6, 6.07) is 5.39. The maximum absolute atomic E-state index is 12.1. The van der Waals surface area contributed by atoms with Crippen molar-refractivity contribution in [2.75, 3.05) is 7.11 Å². The van der Waals surface area contributed by atoms with Gasteiger partial charge < -0.3 is 14.2 Å². The molecule has 0 radical (unpaired) electrons. The second kappa shape index (κ2) is 6.02. The Labute approximate surface area is 127 Å². The third-order valence-corrected chi connectivity index (χ3v) is 4.29. The zero-order valence-corrected chi connectivity index (χ0v) is 12.1. The normalized spacial score (nSPS) is 30.0. The molecule has 1 heterocycles. The minimum Gasteiger partial charge on any atom is -0.456 e. The number of ether oxygens (including phenoxy) is 3. The minimum absolute atomic E-state index is 0.0560. The van der Waals surface area contributed by atoms with E-state index in [0.717, 1.165) is 19.3 Å². The molecule has 0 spiro atoms. The highest BCUT2D eigenvalue weighted by Gasteiger charge is 2.46. The highest BCUT2D eigenvalue weighted by Crippen LogP contribution is 2.40. The zero-order valence-electron chi connectivity index (χ0n) is 12.1. The summed E-state index contributed by atoms with van der Waals surface area (Å²) in [5.74, 6) is -0.121. The first-order chi connectivity index (χ1) is 10.6. The van der Waals surface area contributed by atoms with Crippen LogP contribution in [0.3, 0.4) is 0 Å². The van der Waals surface area contributed by atoms with Crippen molar-refractivity contribution < 1.29 is 23.9 Å². The van der Waals surface area contributed by atoms with Crippen LogP contribution in [0.25, 0.3) is 0 Å². The Balaban J connectivity index is 1.63. The van der Waals surface area contributed by atoms with Crippen molar-refractivity contribution in [1.82, 2.24) is 0 Å². The number of benzene rings is 1. The second-order valence-corrected chi connectivity index (χ2v) is 5.59. The third kappa shape index (κ3) is 2.82. The Bertz CT molecular complexity index is 572. The highest BCUT2D eigenvalue weighted by molar-refractivity contribution is 5.89. The standard InChI is InChI=1S/C15H17NO6/c1-20-13-8-10-4-7-12(14(10)22-13)21-15(17)9-2-5-11(6-3-9)16(18)19/h2-3,5-6,10,12-14H,4,7-8H2,1H3/t10?,12?,13?,14-/m0/s1. The van der Waals surface area contributed by atoms with Gasteiger partial charge in [0.2, 0.25) is 0 Å². The fourth-order valence-electron chi connectivity index (χ4n) is 3.14. The predicted molar refractivity (Wildman–Crippen MR) is 75.3 cm³/mol. The zero-order chi connectivity index (χ0) is 15.7. The molecule has 7 nitrogen and oxygen atoms in total. The van der Waals surface area contributed by atoms with Gasteiger partial charge in [-0.25, -0.2) is 4.79 Å². The van der Waals surface area contributed by atoms with Crippen LogP contribution in [0.2, 0.25) is 0 Å². The molecule has 0 bridgehead atoms. The lowest BCUT2D eigenvalue weighted by molar-refractivity contribution is -0.384. The molecule has 3 rings (SSSR count). The smallest absolute Gasteiger partial charge is 0.338 e. The molecule has 3 unspecified atom stereocenters. The van der Waals surface area contributed by atoms with Crippen molar-refractivity contribution in [2.45, 2.75) is 37.8 Å². The first-order valence-electron chi connectivity index (χ1n) is 7.22. The molecule has 1 saturated carbocycles. The summed E-state index contributed by atoms with van der Waals surface area (Å²) in [5.41, 5.74) is 0.245. The number of esters is 1. The van der Waals surface area contributed by atoms with Gasteiger partial charge in [-0.3, -0.25) is 10.1 Å². The number of nitrogens with zero attached hydrogens (tertiary/aromatic N) is 1. The van der Waals surface area contributed by atoms with Gasteiger partial charge in [0.1, 0.15) is 12.2 Å². The number of non-ortho nitro benzene ring substituents is 1. The van der Waals surface area contributed by atoms with Crippen molar-refractivity contribution in [3.8, 4) is 0 Å². The van der Waals surface area contributed by atoms with Gasteiger partial charge in [-0.2, -0.15) is 0 Å². The van der Waals surface area contributed by atoms with Gasteiger partial charge in [-0.05, 0) is 30.9 Å². The molecule has 118 valence electrons. The molecule has 7 heteroatoms. The summed E-state index contributed by atoms with van der Waals surface area (Å²) in [5, 5.41) is 10.6. The first kappa shape index (κ1) is 14.9. The first-order valence-corrected chi connectivity index (χ1v) is 7.22. The van der Waals surface area contributed by atoms with Crippen LogP contribution in [0, 0.1) is 16.0 Å². The lowest BCUT2D eigenvalue weighted by Crippen LogP contribution is -2.30. The number of hydrogen-bond donors (Lipinski definition) is 0. The van der Waals surface area contributed by atoms with Crippen LogP contribution in [0.4, 0.5) is 5.69 Å². The van der Waals surface area contributed by atoms with Gasteiger partial charge in [0.25, 0.3) is 5.69 Å².